The number of benzene rings is 2. The van der Waals surface area contributed by atoms with Gasteiger partial charge in [0.1, 0.15) is 0 Å². The van der Waals surface area contributed by atoms with Crippen molar-refractivity contribution in [1.29, 1.82) is 0 Å². The lowest BCUT2D eigenvalue weighted by Gasteiger charge is -2.11. The molecule has 2 aromatic carbocycles. The van der Waals surface area contributed by atoms with Gasteiger partial charge in [0.25, 0.3) is 11.6 Å². The van der Waals surface area contributed by atoms with Gasteiger partial charge < -0.3 is 14.8 Å². The number of rotatable bonds is 8. The molecule has 0 aromatic heterocycles. The van der Waals surface area contributed by atoms with E-state index in [1.54, 1.807) is 13.0 Å². The number of nitrogens with one attached hydrogen (secondary N) is 1. The molecule has 2 aromatic rings. The van der Waals surface area contributed by atoms with Gasteiger partial charge in [-0.15, -0.1) is 0 Å². The number of para-hydroxylation sites is 1. The topological polar surface area (TPSA) is 151 Å². The molecule has 0 bridgehead atoms. The summed E-state index contributed by atoms with van der Waals surface area (Å²) in [7, 11) is 1.26. The lowest BCUT2D eigenvalue weighted by Crippen LogP contribution is -2.22. The number of hydrogen-bond acceptors (Lipinski definition) is 8. The van der Waals surface area contributed by atoms with E-state index in [4.69, 9.17) is 9.47 Å². The minimum atomic E-state index is -0.813. The summed E-state index contributed by atoms with van der Waals surface area (Å²) in [5.41, 5.74) is 0.365. The third-order valence-corrected chi connectivity index (χ3v) is 3.88. The number of methoxy groups -OCH3 is 1. The summed E-state index contributed by atoms with van der Waals surface area (Å²) >= 11 is 0. The van der Waals surface area contributed by atoms with Crippen molar-refractivity contribution < 1.29 is 28.9 Å². The highest BCUT2D eigenvalue weighted by atomic mass is 16.6. The van der Waals surface area contributed by atoms with Gasteiger partial charge in [-0.1, -0.05) is 18.2 Å². The number of aryl methyl sites for hydroxylation is 1. The van der Waals surface area contributed by atoms with Crippen molar-refractivity contribution in [2.45, 2.75) is 13.3 Å². The van der Waals surface area contributed by atoms with Gasteiger partial charge in [-0.05, 0) is 12.5 Å². The molecule has 0 aliphatic carbocycles. The fourth-order valence-corrected chi connectivity index (χ4v) is 2.49. The van der Waals surface area contributed by atoms with Gasteiger partial charge in [0.2, 0.25) is 0 Å². The van der Waals surface area contributed by atoms with Crippen LogP contribution in [-0.4, -0.2) is 35.4 Å². The van der Waals surface area contributed by atoms with Crippen LogP contribution in [0.25, 0.3) is 0 Å². The maximum atomic E-state index is 12.0. The fourth-order valence-electron chi connectivity index (χ4n) is 2.49. The molecule has 11 heteroatoms. The van der Waals surface area contributed by atoms with Crippen LogP contribution in [0.2, 0.25) is 0 Å². The first-order valence-corrected chi connectivity index (χ1v) is 8.23. The van der Waals surface area contributed by atoms with Crippen molar-refractivity contribution in [1.82, 2.24) is 0 Å². The van der Waals surface area contributed by atoms with Crippen molar-refractivity contribution in [3.63, 3.8) is 0 Å². The van der Waals surface area contributed by atoms with E-state index in [1.165, 1.54) is 37.4 Å². The predicted octanol–water partition coefficient (Wildman–Crippen LogP) is 2.54. The number of esters is 1. The lowest BCUT2D eigenvalue weighted by atomic mass is 10.1. The molecule has 0 radical (unpaired) electrons. The standard InChI is InChI=1S/C18H17N3O8/c1-11-7-15(21(26)27)16(28-2)9-13(11)19-17(22)10-29-18(23)8-12-5-3-4-6-14(12)20(24)25/h3-7,9H,8,10H2,1-2H3,(H,19,22). The van der Waals surface area contributed by atoms with Crippen LogP contribution >= 0.6 is 0 Å². The monoisotopic (exact) mass is 403 g/mol. The van der Waals surface area contributed by atoms with Gasteiger partial charge in [-0.3, -0.25) is 29.8 Å². The van der Waals surface area contributed by atoms with Crippen LogP contribution in [0, 0.1) is 27.2 Å². The summed E-state index contributed by atoms with van der Waals surface area (Å²) in [6.45, 7) is 0.931. The van der Waals surface area contributed by atoms with Crippen LogP contribution in [0.1, 0.15) is 11.1 Å². The van der Waals surface area contributed by atoms with E-state index in [0.717, 1.165) is 0 Å². The molecular formula is C18H17N3O8. The van der Waals surface area contributed by atoms with Gasteiger partial charge in [-0.2, -0.15) is 0 Å². The number of amides is 1. The number of ether oxygens (including phenoxy) is 2. The Morgan fingerprint density at radius 1 is 1.07 bits per heavy atom. The van der Waals surface area contributed by atoms with Crippen LogP contribution in [0.15, 0.2) is 36.4 Å². The Labute approximate surface area is 164 Å². The molecule has 152 valence electrons. The average molecular weight is 403 g/mol. The van der Waals surface area contributed by atoms with E-state index in [2.05, 4.69) is 5.32 Å². The van der Waals surface area contributed by atoms with Gasteiger partial charge in [0.15, 0.2) is 12.4 Å². The van der Waals surface area contributed by atoms with Gasteiger partial charge in [-0.25, -0.2) is 0 Å². The molecule has 0 spiro atoms. The van der Waals surface area contributed by atoms with Crippen molar-refractivity contribution in [2.24, 2.45) is 0 Å². The zero-order valence-electron chi connectivity index (χ0n) is 15.5. The van der Waals surface area contributed by atoms with Crippen LogP contribution in [0.4, 0.5) is 17.1 Å². The highest BCUT2D eigenvalue weighted by molar-refractivity contribution is 5.94. The Kier molecular flexibility index (Phi) is 6.80. The third-order valence-electron chi connectivity index (χ3n) is 3.88. The van der Waals surface area contributed by atoms with Crippen molar-refractivity contribution in [2.75, 3.05) is 19.0 Å². The van der Waals surface area contributed by atoms with Gasteiger partial charge in [0.05, 0.1) is 23.4 Å². The summed E-state index contributed by atoms with van der Waals surface area (Å²) in [6, 6.07) is 8.25. The molecule has 1 N–H and O–H groups in total. The zero-order chi connectivity index (χ0) is 21.6. The molecular weight excluding hydrogens is 386 g/mol. The minimum Gasteiger partial charge on any atom is -0.490 e. The van der Waals surface area contributed by atoms with E-state index in [0.29, 0.717) is 5.56 Å². The van der Waals surface area contributed by atoms with Crippen LogP contribution in [0.3, 0.4) is 0 Å². The summed E-state index contributed by atoms with van der Waals surface area (Å²) < 4.78 is 9.81. The summed E-state index contributed by atoms with van der Waals surface area (Å²) in [6.07, 6.45) is -0.366. The summed E-state index contributed by atoms with van der Waals surface area (Å²) in [5, 5.41) is 24.4. The second-order valence-electron chi connectivity index (χ2n) is 5.87. The van der Waals surface area contributed by atoms with Gasteiger partial charge >= 0.3 is 11.7 Å². The Balaban J connectivity index is 1.99. The molecule has 0 heterocycles. The molecule has 1 amide bonds. The quantitative estimate of drug-likeness (QED) is 0.401. The maximum absolute atomic E-state index is 12.0. The molecule has 0 unspecified atom stereocenters. The highest BCUT2D eigenvalue weighted by Crippen LogP contribution is 2.32. The van der Waals surface area contributed by atoms with Crippen molar-refractivity contribution >= 4 is 28.9 Å². The largest absolute Gasteiger partial charge is 0.490 e. The molecule has 0 atom stereocenters. The van der Waals surface area contributed by atoms with E-state index in [1.807, 2.05) is 0 Å². The van der Waals surface area contributed by atoms with Crippen LogP contribution < -0.4 is 10.1 Å². The van der Waals surface area contributed by atoms with E-state index in [9.17, 15) is 29.8 Å². The number of nitrogens with zero attached hydrogens (tertiary/aromatic N) is 2. The second kappa shape index (κ2) is 9.26. The first kappa shape index (κ1) is 21.3. The summed E-state index contributed by atoms with van der Waals surface area (Å²) in [5.74, 6) is -1.53. The average Bonchev–Trinajstić information content (AvgIpc) is 2.67. The molecule has 0 saturated heterocycles. The van der Waals surface area contributed by atoms with E-state index in [-0.39, 0.29) is 34.8 Å². The Morgan fingerprint density at radius 2 is 1.72 bits per heavy atom. The molecule has 0 aliphatic rings. The third kappa shape index (κ3) is 5.48. The molecule has 11 nitrogen and oxygen atoms in total. The van der Waals surface area contributed by atoms with Crippen LogP contribution in [0.5, 0.6) is 5.75 Å². The summed E-state index contributed by atoms with van der Waals surface area (Å²) in [4.78, 5) is 44.7. The minimum absolute atomic E-state index is 0.0377. The Hall–Kier alpha value is -4.02. The molecule has 2 rings (SSSR count). The number of nitro benzene ring substituents is 2. The first-order chi connectivity index (χ1) is 13.7. The number of carbonyl (C=O) groups excluding carboxylic acids is 2. The van der Waals surface area contributed by atoms with Crippen molar-refractivity contribution in [3.8, 4) is 5.75 Å². The SMILES string of the molecule is COc1cc(NC(=O)COC(=O)Cc2ccccc2[N+](=O)[O-])c(C)cc1[N+](=O)[O-]. The van der Waals surface area contributed by atoms with E-state index >= 15 is 0 Å². The lowest BCUT2D eigenvalue weighted by molar-refractivity contribution is -0.385. The zero-order valence-corrected chi connectivity index (χ0v) is 15.5. The number of nitro groups is 2. The Bertz CT molecular complexity index is 974. The van der Waals surface area contributed by atoms with Crippen LogP contribution in [-0.2, 0) is 20.7 Å². The van der Waals surface area contributed by atoms with Crippen molar-refractivity contribution in [3.05, 3.63) is 67.8 Å². The normalized spacial score (nSPS) is 10.1. The van der Waals surface area contributed by atoms with Gasteiger partial charge in [0, 0.05) is 29.4 Å². The first-order valence-electron chi connectivity index (χ1n) is 8.23. The maximum Gasteiger partial charge on any atom is 0.311 e. The number of anilines is 1. The molecule has 0 aliphatic heterocycles. The highest BCUT2D eigenvalue weighted by Gasteiger charge is 2.20. The van der Waals surface area contributed by atoms with E-state index < -0.39 is 28.3 Å². The molecule has 0 saturated carbocycles. The number of hydrogen-bond donors (Lipinski definition) is 1. The Morgan fingerprint density at radius 3 is 2.34 bits per heavy atom. The predicted molar refractivity (Wildman–Crippen MR) is 101 cm³/mol. The number of carbonyl (C=O) groups is 2. The second-order valence-corrected chi connectivity index (χ2v) is 5.87. The smallest absolute Gasteiger partial charge is 0.311 e. The fraction of sp³-hybridized carbons (Fsp3) is 0.222. The molecule has 0 fully saturated rings. The molecule has 29 heavy (non-hydrogen) atoms.